The highest BCUT2D eigenvalue weighted by Gasteiger charge is 2.15. The van der Waals surface area contributed by atoms with Crippen LogP contribution in [0.1, 0.15) is 21.7 Å². The molecule has 1 aliphatic rings. The van der Waals surface area contributed by atoms with Gasteiger partial charge in [-0.1, -0.05) is 0 Å². The molecule has 1 amide bonds. The van der Waals surface area contributed by atoms with Gasteiger partial charge in [-0.25, -0.2) is 9.97 Å². The van der Waals surface area contributed by atoms with Gasteiger partial charge in [0.2, 0.25) is 6.79 Å². The number of hydrogen-bond acceptors (Lipinski definition) is 7. The van der Waals surface area contributed by atoms with Gasteiger partial charge in [-0.15, -0.1) is 0 Å². The smallest absolute Gasteiger partial charge is 0.251 e. The molecule has 3 aromatic rings. The third-order valence-electron chi connectivity index (χ3n) is 4.62. The fraction of sp³-hybridized carbons (Fsp3) is 0.286. The van der Waals surface area contributed by atoms with Crippen molar-refractivity contribution in [2.24, 2.45) is 0 Å². The number of hydrogen-bond donors (Lipinski definition) is 2. The Labute approximate surface area is 167 Å². The second kappa shape index (κ2) is 7.92. The van der Waals surface area contributed by atoms with Gasteiger partial charge in [-0.3, -0.25) is 4.79 Å². The SMILES string of the molecule is Cc1nc2ccc(C(=O)NCC(O)COc3ccc4c(c3)OCO4)cc2nc1C. The van der Waals surface area contributed by atoms with Crippen LogP contribution in [0.2, 0.25) is 0 Å². The van der Waals surface area contributed by atoms with Gasteiger partial charge in [-0.05, 0) is 44.2 Å². The highest BCUT2D eigenvalue weighted by Crippen LogP contribution is 2.35. The Hall–Kier alpha value is -3.39. The fourth-order valence-electron chi connectivity index (χ4n) is 2.90. The number of aliphatic hydroxyl groups is 1. The molecule has 0 spiro atoms. The fourth-order valence-corrected chi connectivity index (χ4v) is 2.90. The second-order valence-electron chi connectivity index (χ2n) is 6.79. The molecule has 150 valence electrons. The minimum atomic E-state index is -0.866. The first-order chi connectivity index (χ1) is 14.0. The summed E-state index contributed by atoms with van der Waals surface area (Å²) in [5, 5.41) is 12.8. The van der Waals surface area contributed by atoms with Gasteiger partial charge in [0.1, 0.15) is 18.5 Å². The predicted octanol–water partition coefficient (Wildman–Crippen LogP) is 2.15. The van der Waals surface area contributed by atoms with Gasteiger partial charge < -0.3 is 24.6 Å². The van der Waals surface area contributed by atoms with Crippen LogP contribution in [0.3, 0.4) is 0 Å². The molecule has 0 aliphatic carbocycles. The lowest BCUT2D eigenvalue weighted by Crippen LogP contribution is -2.35. The van der Waals surface area contributed by atoms with Crippen molar-refractivity contribution >= 4 is 16.9 Å². The number of ether oxygens (including phenoxy) is 3. The van der Waals surface area contributed by atoms with Crippen molar-refractivity contribution in [3.8, 4) is 17.2 Å². The predicted molar refractivity (Wildman–Crippen MR) is 105 cm³/mol. The molecule has 1 unspecified atom stereocenters. The van der Waals surface area contributed by atoms with Crippen LogP contribution in [0.4, 0.5) is 0 Å². The van der Waals surface area contributed by atoms with Crippen molar-refractivity contribution < 1.29 is 24.1 Å². The molecule has 1 aromatic heterocycles. The lowest BCUT2D eigenvalue weighted by molar-refractivity contribution is 0.0843. The molecule has 0 saturated carbocycles. The molecule has 2 N–H and O–H groups in total. The monoisotopic (exact) mass is 395 g/mol. The van der Waals surface area contributed by atoms with E-state index in [1.165, 1.54) is 0 Å². The molecular formula is C21H21N3O5. The summed E-state index contributed by atoms with van der Waals surface area (Å²) in [7, 11) is 0. The van der Waals surface area contributed by atoms with Gasteiger partial charge in [-0.2, -0.15) is 0 Å². The number of benzene rings is 2. The third kappa shape index (κ3) is 4.22. The normalized spacial score (nSPS) is 13.3. The van der Waals surface area contributed by atoms with E-state index >= 15 is 0 Å². The van der Waals surface area contributed by atoms with Crippen molar-refractivity contribution in [1.29, 1.82) is 0 Å². The molecule has 4 rings (SSSR count). The molecule has 0 bridgehead atoms. The molecule has 2 aromatic carbocycles. The Morgan fingerprint density at radius 1 is 1.10 bits per heavy atom. The van der Waals surface area contributed by atoms with Crippen molar-refractivity contribution in [3.05, 3.63) is 53.3 Å². The Morgan fingerprint density at radius 3 is 2.69 bits per heavy atom. The van der Waals surface area contributed by atoms with E-state index in [0.717, 1.165) is 16.9 Å². The van der Waals surface area contributed by atoms with Crippen molar-refractivity contribution in [2.45, 2.75) is 20.0 Å². The Bertz CT molecular complexity index is 1070. The van der Waals surface area contributed by atoms with Crippen LogP contribution in [0.25, 0.3) is 11.0 Å². The first-order valence-corrected chi connectivity index (χ1v) is 9.23. The van der Waals surface area contributed by atoms with Crippen LogP contribution >= 0.6 is 0 Å². The summed E-state index contributed by atoms with van der Waals surface area (Å²) in [6.45, 7) is 4.05. The van der Waals surface area contributed by atoms with E-state index < -0.39 is 6.10 Å². The maximum absolute atomic E-state index is 12.4. The molecule has 0 radical (unpaired) electrons. The highest BCUT2D eigenvalue weighted by atomic mass is 16.7. The summed E-state index contributed by atoms with van der Waals surface area (Å²) < 4.78 is 16.1. The van der Waals surface area contributed by atoms with Crippen LogP contribution in [0.15, 0.2) is 36.4 Å². The lowest BCUT2D eigenvalue weighted by atomic mass is 10.1. The quantitative estimate of drug-likeness (QED) is 0.659. The maximum atomic E-state index is 12.4. The van der Waals surface area contributed by atoms with Crippen molar-refractivity contribution in [3.63, 3.8) is 0 Å². The minimum Gasteiger partial charge on any atom is -0.491 e. The Kier molecular flexibility index (Phi) is 5.18. The third-order valence-corrected chi connectivity index (χ3v) is 4.62. The average molecular weight is 395 g/mol. The number of carbonyl (C=O) groups excluding carboxylic acids is 1. The van der Waals surface area contributed by atoms with E-state index in [1.54, 1.807) is 36.4 Å². The summed E-state index contributed by atoms with van der Waals surface area (Å²) >= 11 is 0. The van der Waals surface area contributed by atoms with E-state index in [0.29, 0.717) is 28.3 Å². The number of aromatic nitrogens is 2. The van der Waals surface area contributed by atoms with E-state index in [1.807, 2.05) is 13.8 Å². The summed E-state index contributed by atoms with van der Waals surface area (Å²) in [5.74, 6) is 1.53. The Morgan fingerprint density at radius 2 is 1.86 bits per heavy atom. The van der Waals surface area contributed by atoms with Crippen molar-refractivity contribution in [1.82, 2.24) is 15.3 Å². The number of rotatable bonds is 6. The molecule has 1 atom stereocenters. The van der Waals surface area contributed by atoms with Crippen LogP contribution in [0.5, 0.6) is 17.2 Å². The van der Waals surface area contributed by atoms with Gasteiger partial charge in [0, 0.05) is 18.2 Å². The maximum Gasteiger partial charge on any atom is 0.251 e. The van der Waals surface area contributed by atoms with Crippen molar-refractivity contribution in [2.75, 3.05) is 19.9 Å². The molecule has 0 fully saturated rings. The largest absolute Gasteiger partial charge is 0.491 e. The van der Waals surface area contributed by atoms with Gasteiger partial charge in [0.15, 0.2) is 11.5 Å². The zero-order chi connectivity index (χ0) is 20.4. The van der Waals surface area contributed by atoms with Gasteiger partial charge in [0.05, 0.1) is 22.4 Å². The molecular weight excluding hydrogens is 374 g/mol. The Balaban J connectivity index is 1.32. The number of nitrogens with one attached hydrogen (secondary N) is 1. The molecule has 8 nitrogen and oxygen atoms in total. The minimum absolute atomic E-state index is 0.0294. The topological polar surface area (TPSA) is 103 Å². The highest BCUT2D eigenvalue weighted by molar-refractivity contribution is 5.97. The molecule has 0 saturated heterocycles. The van der Waals surface area contributed by atoms with E-state index in [4.69, 9.17) is 14.2 Å². The van der Waals surface area contributed by atoms with E-state index in [2.05, 4.69) is 15.3 Å². The zero-order valence-corrected chi connectivity index (χ0v) is 16.1. The first kappa shape index (κ1) is 18.9. The molecule has 1 aliphatic heterocycles. The van der Waals surface area contributed by atoms with Gasteiger partial charge in [0.25, 0.3) is 5.91 Å². The molecule has 8 heteroatoms. The van der Waals surface area contributed by atoms with Crippen LogP contribution < -0.4 is 19.5 Å². The standard InChI is InChI=1S/C21H21N3O5/c1-12-13(2)24-18-7-14(3-5-17(18)23-12)21(26)22-9-15(25)10-27-16-4-6-19-20(8-16)29-11-28-19/h3-8,15,25H,9-11H2,1-2H3,(H,22,26). The van der Waals surface area contributed by atoms with Crippen LogP contribution in [-0.4, -0.2) is 47.0 Å². The summed E-state index contributed by atoms with van der Waals surface area (Å²) in [4.78, 5) is 21.3. The average Bonchev–Trinajstić information content (AvgIpc) is 3.19. The number of aryl methyl sites for hydroxylation is 2. The van der Waals surface area contributed by atoms with Gasteiger partial charge >= 0.3 is 0 Å². The van der Waals surface area contributed by atoms with E-state index in [9.17, 15) is 9.90 Å². The zero-order valence-electron chi connectivity index (χ0n) is 16.1. The van der Waals surface area contributed by atoms with E-state index in [-0.39, 0.29) is 25.9 Å². The molecule has 2 heterocycles. The first-order valence-electron chi connectivity index (χ1n) is 9.23. The lowest BCUT2D eigenvalue weighted by Gasteiger charge is -2.14. The summed E-state index contributed by atoms with van der Waals surface area (Å²) in [6.07, 6.45) is -0.866. The summed E-state index contributed by atoms with van der Waals surface area (Å²) in [6, 6.07) is 10.3. The number of amides is 1. The number of nitrogens with zero attached hydrogens (tertiary/aromatic N) is 2. The van der Waals surface area contributed by atoms with Crippen LogP contribution in [0, 0.1) is 13.8 Å². The number of aliphatic hydroxyl groups excluding tert-OH is 1. The molecule has 29 heavy (non-hydrogen) atoms. The summed E-state index contributed by atoms with van der Waals surface area (Å²) in [5.41, 5.74) is 3.54. The van der Waals surface area contributed by atoms with Crippen LogP contribution in [-0.2, 0) is 0 Å². The number of fused-ring (bicyclic) bond motifs is 2. The second-order valence-corrected chi connectivity index (χ2v) is 6.79. The number of carbonyl (C=O) groups is 1.